The molecule has 0 bridgehead atoms. The summed E-state index contributed by atoms with van der Waals surface area (Å²) in [5.74, 6) is 5.27. The first-order valence-electron chi connectivity index (χ1n) is 15.4. The molecule has 0 aliphatic carbocycles. The van der Waals surface area contributed by atoms with Crippen molar-refractivity contribution in [2.45, 2.75) is 72.6 Å². The second kappa shape index (κ2) is 16.0. The lowest BCUT2D eigenvalue weighted by atomic mass is 9.86. The largest absolute Gasteiger partial charge is 0.327 e. The zero-order chi connectivity index (χ0) is 31.4. The lowest BCUT2D eigenvalue weighted by Gasteiger charge is -2.38. The Hall–Kier alpha value is 0.440. The zero-order valence-corrected chi connectivity index (χ0v) is 32.4. The predicted molar refractivity (Wildman–Crippen MR) is 207 cm³/mol. The van der Waals surface area contributed by atoms with E-state index in [1.807, 2.05) is 23.5 Å². The van der Waals surface area contributed by atoms with Crippen LogP contribution in [0.15, 0.2) is 22.0 Å². The van der Waals surface area contributed by atoms with E-state index in [0.717, 1.165) is 83.1 Å². The van der Waals surface area contributed by atoms with Crippen molar-refractivity contribution in [2.75, 3.05) is 47.6 Å². The number of thiocarbonyl (C=S) groups is 4. The smallest absolute Gasteiger partial charge is 0.107 e. The van der Waals surface area contributed by atoms with Crippen LogP contribution in [-0.2, 0) is 21.6 Å². The van der Waals surface area contributed by atoms with Crippen LogP contribution in [0.5, 0.6) is 0 Å². The van der Waals surface area contributed by atoms with E-state index in [9.17, 15) is 8.42 Å². The molecule has 0 aromatic rings. The fraction of sp³-hybridized carbons (Fsp3) is 0.742. The SMILES string of the molecule is CC(C)(CCN1C(=S)C=C2SCCCC2C1=S)CCS(=O)CCS(=O)CCC(C)(C)CCN1C(=S)C=C2SCCC2C1=S. The van der Waals surface area contributed by atoms with Crippen LogP contribution in [0.2, 0.25) is 0 Å². The molecule has 43 heavy (non-hydrogen) atoms. The summed E-state index contributed by atoms with van der Waals surface area (Å²) < 4.78 is 25.7. The standard InChI is InChI=1S/C31H46N2O2S8/c1-30(2,8-12-32-26(36)20-24-22(28(32)38)6-5-14-40-24)10-16-42(34)18-19-43(35)17-11-31(3,4)9-13-33-27(37)21-25-23(29(33)39)7-15-41-25/h20-23H,5-19H2,1-4H3. The van der Waals surface area contributed by atoms with Gasteiger partial charge in [0.1, 0.15) is 9.98 Å². The summed E-state index contributed by atoms with van der Waals surface area (Å²) in [7, 11) is -1.94. The van der Waals surface area contributed by atoms with E-state index in [1.54, 1.807) is 0 Å². The van der Waals surface area contributed by atoms with E-state index in [-0.39, 0.29) is 10.8 Å². The maximum atomic E-state index is 12.9. The van der Waals surface area contributed by atoms with Gasteiger partial charge in [-0.05, 0) is 89.2 Å². The molecule has 0 amide bonds. The molecule has 4 heterocycles. The Labute approximate surface area is 294 Å². The highest BCUT2D eigenvalue weighted by Crippen LogP contribution is 2.42. The van der Waals surface area contributed by atoms with Crippen LogP contribution in [-0.4, -0.2) is 85.8 Å². The van der Waals surface area contributed by atoms with Crippen molar-refractivity contribution >= 4 is 114 Å². The van der Waals surface area contributed by atoms with Crippen molar-refractivity contribution in [3.8, 4) is 0 Å². The molecule has 240 valence electrons. The van der Waals surface area contributed by atoms with E-state index in [4.69, 9.17) is 48.9 Å². The third kappa shape index (κ3) is 10.2. The molecule has 4 aliphatic heterocycles. The summed E-state index contributed by atoms with van der Waals surface area (Å²) >= 11 is 26.8. The molecular weight excluding hydrogens is 689 g/mol. The fourth-order valence-corrected chi connectivity index (χ4v) is 13.5. The van der Waals surface area contributed by atoms with Gasteiger partial charge in [0.05, 0.1) is 9.98 Å². The first kappa shape index (κ1) is 36.3. The molecule has 4 aliphatic rings. The molecule has 0 N–H and O–H groups in total. The van der Waals surface area contributed by atoms with Crippen molar-refractivity contribution in [3.05, 3.63) is 22.0 Å². The highest BCUT2D eigenvalue weighted by Gasteiger charge is 2.35. The van der Waals surface area contributed by atoms with Gasteiger partial charge in [0.2, 0.25) is 0 Å². The van der Waals surface area contributed by atoms with Gasteiger partial charge in [-0.2, -0.15) is 0 Å². The average molecular weight is 735 g/mol. The molecule has 0 aromatic carbocycles. The van der Waals surface area contributed by atoms with Crippen LogP contribution in [0, 0.1) is 22.7 Å². The Morgan fingerprint density at radius 1 is 0.698 bits per heavy atom. The molecular formula is C31H46N2O2S8. The lowest BCUT2D eigenvalue weighted by molar-refractivity contribution is 0.303. The first-order chi connectivity index (χ1) is 20.3. The van der Waals surface area contributed by atoms with Gasteiger partial charge in [-0.3, -0.25) is 8.42 Å². The molecule has 0 aromatic heterocycles. The summed E-state index contributed by atoms with van der Waals surface area (Å²) in [5, 5.41) is 0. The van der Waals surface area contributed by atoms with Crippen molar-refractivity contribution in [3.63, 3.8) is 0 Å². The molecule has 4 atom stereocenters. The van der Waals surface area contributed by atoms with E-state index >= 15 is 0 Å². The number of hydrogen-bond acceptors (Lipinski definition) is 8. The van der Waals surface area contributed by atoms with Gasteiger partial charge < -0.3 is 9.80 Å². The number of fused-ring (bicyclic) bond motifs is 2. The van der Waals surface area contributed by atoms with Crippen LogP contribution in [0.3, 0.4) is 0 Å². The van der Waals surface area contributed by atoms with Crippen LogP contribution >= 0.6 is 72.4 Å². The van der Waals surface area contributed by atoms with Gasteiger partial charge in [0.25, 0.3) is 0 Å². The molecule has 2 saturated heterocycles. The zero-order valence-electron chi connectivity index (χ0n) is 25.9. The van der Waals surface area contributed by atoms with Crippen LogP contribution in [0.1, 0.15) is 72.6 Å². The monoisotopic (exact) mass is 734 g/mol. The van der Waals surface area contributed by atoms with Crippen LogP contribution < -0.4 is 0 Å². The minimum atomic E-state index is -0.970. The first-order valence-corrected chi connectivity index (χ1v) is 21.9. The second-order valence-corrected chi connectivity index (χ2v) is 20.9. The summed E-state index contributed by atoms with van der Waals surface area (Å²) in [5.41, 5.74) is 0.0625. The number of hydrogen-bond donors (Lipinski definition) is 0. The van der Waals surface area contributed by atoms with E-state index in [1.165, 1.54) is 16.2 Å². The van der Waals surface area contributed by atoms with E-state index in [2.05, 4.69) is 49.6 Å². The number of thioether (sulfide) groups is 2. The van der Waals surface area contributed by atoms with Gasteiger partial charge >= 0.3 is 0 Å². The molecule has 0 spiro atoms. The number of rotatable bonds is 15. The maximum absolute atomic E-state index is 12.9. The minimum absolute atomic E-state index is 0.0301. The van der Waals surface area contributed by atoms with Gasteiger partial charge in [-0.1, -0.05) is 76.6 Å². The van der Waals surface area contributed by atoms with Crippen molar-refractivity contribution in [1.82, 2.24) is 9.80 Å². The van der Waals surface area contributed by atoms with Crippen molar-refractivity contribution in [2.24, 2.45) is 22.7 Å². The fourth-order valence-electron chi connectivity index (χ4n) is 5.72. The predicted octanol–water partition coefficient (Wildman–Crippen LogP) is 7.70. The molecule has 2 fully saturated rings. The molecule has 0 saturated carbocycles. The van der Waals surface area contributed by atoms with Gasteiger partial charge in [-0.15, -0.1) is 23.5 Å². The Bertz CT molecular complexity index is 1220. The Kier molecular flexibility index (Phi) is 13.5. The normalized spacial score (nSPS) is 24.5. The van der Waals surface area contributed by atoms with Crippen molar-refractivity contribution in [1.29, 1.82) is 0 Å². The summed E-state index contributed by atoms with van der Waals surface area (Å²) in [6, 6.07) is 0. The highest BCUT2D eigenvalue weighted by molar-refractivity contribution is 8.03. The van der Waals surface area contributed by atoms with E-state index in [0.29, 0.717) is 34.8 Å². The van der Waals surface area contributed by atoms with Crippen molar-refractivity contribution < 1.29 is 8.42 Å². The molecule has 0 radical (unpaired) electrons. The average Bonchev–Trinajstić information content (AvgIpc) is 3.42. The molecule has 4 rings (SSSR count). The highest BCUT2D eigenvalue weighted by atomic mass is 32.2. The molecule has 4 unspecified atom stereocenters. The van der Waals surface area contributed by atoms with E-state index < -0.39 is 21.6 Å². The Balaban J connectivity index is 1.13. The Morgan fingerprint density at radius 3 is 1.63 bits per heavy atom. The third-order valence-corrected chi connectivity index (χ3v) is 16.0. The van der Waals surface area contributed by atoms with Gasteiger partial charge in [-0.25, -0.2) is 0 Å². The second-order valence-electron chi connectivity index (χ2n) is 13.5. The summed E-state index contributed by atoms with van der Waals surface area (Å²) in [6.07, 6.45) is 11.3. The molecule has 12 heteroatoms. The lowest BCUT2D eigenvalue weighted by Crippen LogP contribution is -2.44. The van der Waals surface area contributed by atoms with Crippen LogP contribution in [0.25, 0.3) is 0 Å². The maximum Gasteiger partial charge on any atom is 0.107 e. The van der Waals surface area contributed by atoms with Gasteiger partial charge in [0.15, 0.2) is 0 Å². The van der Waals surface area contributed by atoms with Gasteiger partial charge in [0, 0.05) is 69.5 Å². The topological polar surface area (TPSA) is 40.6 Å². The number of nitrogens with zero attached hydrogens (tertiary/aromatic N) is 2. The summed E-state index contributed by atoms with van der Waals surface area (Å²) in [4.78, 5) is 10.6. The van der Waals surface area contributed by atoms with Crippen LogP contribution in [0.4, 0.5) is 0 Å². The third-order valence-electron chi connectivity index (χ3n) is 9.04. The Morgan fingerprint density at radius 2 is 1.14 bits per heavy atom. The summed E-state index contributed by atoms with van der Waals surface area (Å²) in [6.45, 7) is 10.6. The minimum Gasteiger partial charge on any atom is -0.327 e. The molecule has 4 nitrogen and oxygen atoms in total. The quantitative estimate of drug-likeness (QED) is 0.157.